The van der Waals surface area contributed by atoms with Crippen LogP contribution in [0.15, 0.2) is 24.3 Å². The molecule has 0 heterocycles. The molecule has 0 aromatic carbocycles. The number of allylic oxidation sites excluding steroid dienone is 4. The van der Waals surface area contributed by atoms with Gasteiger partial charge in [-0.15, -0.1) is 0 Å². The molecule has 638 valence electrons. The molecule has 0 aliphatic rings. The van der Waals surface area contributed by atoms with E-state index >= 15 is 0 Å². The predicted molar refractivity (Wildman–Crippen MR) is 446 cm³/mol. The molecule has 0 aromatic heterocycles. The van der Waals surface area contributed by atoms with Crippen LogP contribution in [0.3, 0.4) is 0 Å². The maximum atomic E-state index is 13.2. The highest BCUT2D eigenvalue weighted by atomic mass is 31.2. The van der Waals surface area contributed by atoms with Gasteiger partial charge in [-0.3, -0.25) is 37.3 Å². The smallest absolute Gasteiger partial charge is 0.462 e. The Labute approximate surface area is 663 Å². The van der Waals surface area contributed by atoms with E-state index in [1.54, 1.807) is 0 Å². The molecule has 0 saturated heterocycles. The molecule has 0 fully saturated rings. The summed E-state index contributed by atoms with van der Waals surface area (Å²) < 4.78 is 68.9. The Morgan fingerprint density at radius 1 is 0.287 bits per heavy atom. The number of rotatable bonds is 86. The van der Waals surface area contributed by atoms with Gasteiger partial charge in [0.05, 0.1) is 26.4 Å². The Kier molecular flexibility index (Phi) is 77.9. The molecule has 0 radical (unpaired) electrons. The molecule has 0 spiro atoms. The van der Waals surface area contributed by atoms with Crippen molar-refractivity contribution in [2.24, 2.45) is 11.8 Å². The molecule has 108 heavy (non-hydrogen) atoms. The molecular weight excluding hydrogens is 1400 g/mol. The molecule has 17 nitrogen and oxygen atoms in total. The van der Waals surface area contributed by atoms with E-state index < -0.39 is 97.5 Å². The van der Waals surface area contributed by atoms with Crippen molar-refractivity contribution in [2.45, 2.75) is 471 Å². The summed E-state index contributed by atoms with van der Waals surface area (Å²) in [7, 11) is -9.94. The number of esters is 4. The number of phosphoric ester groups is 2. The van der Waals surface area contributed by atoms with Gasteiger partial charge in [-0.1, -0.05) is 400 Å². The number of aliphatic hydroxyl groups excluding tert-OH is 1. The molecule has 0 aliphatic heterocycles. The molecule has 0 bridgehead atoms. The standard InChI is InChI=1S/C89H170O17P2/c1-7-9-11-13-15-17-19-20-29-37-43-49-55-61-67-73-88(93)105-84(77-99-86(91)71-65-59-53-47-39-18-16-14-12-10-8-2)79-103-107(95,96)101-75-83(90)76-102-108(97,98)104-80-85(106-89(94)74-68-62-56-50-44-38-33-28-24-22-26-31-35-41-46-52-58-64-70-82(5)6)78-100-87(92)72-66-60-54-48-42-36-32-27-23-21-25-30-34-40-45-51-57-63-69-81(3)4/h17,19-20,29,81-85,90H,7-16,18,21-28,30-80H2,1-6H3,(H,95,96)(H,97,98)/b19-17-,29-20-/t83-,84+,85+/m0/s1. The summed E-state index contributed by atoms with van der Waals surface area (Å²) in [5, 5.41) is 10.7. The topological polar surface area (TPSA) is 237 Å². The Morgan fingerprint density at radius 3 is 0.759 bits per heavy atom. The average Bonchev–Trinajstić information content (AvgIpc) is 0.904. The second-order valence-corrected chi connectivity index (χ2v) is 35.2. The second-order valence-electron chi connectivity index (χ2n) is 32.3. The summed E-state index contributed by atoms with van der Waals surface area (Å²) in [4.78, 5) is 73.3. The lowest BCUT2D eigenvalue weighted by Gasteiger charge is -2.21. The van der Waals surface area contributed by atoms with Crippen LogP contribution in [-0.4, -0.2) is 96.7 Å². The number of carbonyl (C=O) groups excluding carboxylic acids is 4. The summed E-state index contributed by atoms with van der Waals surface area (Å²) in [6.45, 7) is 9.69. The molecule has 0 aromatic rings. The zero-order valence-electron chi connectivity index (χ0n) is 70.6. The molecule has 2 unspecified atom stereocenters. The highest BCUT2D eigenvalue weighted by Crippen LogP contribution is 2.45. The Morgan fingerprint density at radius 2 is 0.500 bits per heavy atom. The maximum Gasteiger partial charge on any atom is 0.472 e. The van der Waals surface area contributed by atoms with E-state index in [1.165, 1.54) is 257 Å². The first-order chi connectivity index (χ1) is 52.4. The first-order valence-corrected chi connectivity index (χ1v) is 48.3. The third-order valence-electron chi connectivity index (χ3n) is 20.3. The summed E-state index contributed by atoms with van der Waals surface area (Å²) in [6.07, 6.45) is 75.8. The summed E-state index contributed by atoms with van der Waals surface area (Å²) in [6, 6.07) is 0. The van der Waals surface area contributed by atoms with E-state index in [1.807, 2.05) is 0 Å². The first-order valence-electron chi connectivity index (χ1n) is 45.3. The van der Waals surface area contributed by atoms with Gasteiger partial charge in [-0.2, -0.15) is 0 Å². The van der Waals surface area contributed by atoms with Crippen LogP contribution < -0.4 is 0 Å². The van der Waals surface area contributed by atoms with E-state index in [0.717, 1.165) is 115 Å². The fourth-order valence-corrected chi connectivity index (χ4v) is 15.0. The van der Waals surface area contributed by atoms with Crippen LogP contribution >= 0.6 is 15.6 Å². The highest BCUT2D eigenvalue weighted by Gasteiger charge is 2.30. The summed E-state index contributed by atoms with van der Waals surface area (Å²) >= 11 is 0. The summed E-state index contributed by atoms with van der Waals surface area (Å²) in [5.74, 6) is -0.488. The highest BCUT2D eigenvalue weighted by molar-refractivity contribution is 7.47. The fourth-order valence-electron chi connectivity index (χ4n) is 13.4. The van der Waals surface area contributed by atoms with Gasteiger partial charge in [0, 0.05) is 25.7 Å². The first kappa shape index (κ1) is 106. The Hall–Kier alpha value is -2.46. The fraction of sp³-hybridized carbons (Fsp3) is 0.910. The molecule has 0 rings (SSSR count). The molecule has 0 saturated carbocycles. The van der Waals surface area contributed by atoms with Gasteiger partial charge in [-0.25, -0.2) is 9.13 Å². The van der Waals surface area contributed by atoms with E-state index in [0.29, 0.717) is 25.7 Å². The van der Waals surface area contributed by atoms with Crippen molar-refractivity contribution >= 4 is 39.5 Å². The number of ether oxygens (including phenoxy) is 4. The molecule has 5 atom stereocenters. The van der Waals surface area contributed by atoms with Crippen molar-refractivity contribution in [3.05, 3.63) is 24.3 Å². The minimum Gasteiger partial charge on any atom is -0.462 e. The van der Waals surface area contributed by atoms with Crippen molar-refractivity contribution in [3.8, 4) is 0 Å². The van der Waals surface area contributed by atoms with Crippen LogP contribution in [0, 0.1) is 11.8 Å². The van der Waals surface area contributed by atoms with Gasteiger partial charge in [0.2, 0.25) is 0 Å². The van der Waals surface area contributed by atoms with Gasteiger partial charge in [0.25, 0.3) is 0 Å². The van der Waals surface area contributed by atoms with Gasteiger partial charge >= 0.3 is 39.5 Å². The normalized spacial score (nSPS) is 13.9. The van der Waals surface area contributed by atoms with Gasteiger partial charge in [-0.05, 0) is 63.2 Å². The number of carbonyl (C=O) groups is 4. The minimum atomic E-state index is -4.97. The number of hydrogen-bond donors (Lipinski definition) is 3. The number of phosphoric acid groups is 2. The van der Waals surface area contributed by atoms with Crippen molar-refractivity contribution < 1.29 is 80.2 Å². The van der Waals surface area contributed by atoms with E-state index in [-0.39, 0.29) is 25.7 Å². The second kappa shape index (κ2) is 79.8. The Balaban J connectivity index is 5.25. The predicted octanol–water partition coefficient (Wildman–Crippen LogP) is 27.0. The van der Waals surface area contributed by atoms with E-state index in [9.17, 15) is 43.2 Å². The molecule has 19 heteroatoms. The zero-order chi connectivity index (χ0) is 79.2. The van der Waals surface area contributed by atoms with Crippen LogP contribution in [0.25, 0.3) is 0 Å². The van der Waals surface area contributed by atoms with Crippen LogP contribution in [-0.2, 0) is 65.4 Å². The minimum absolute atomic E-state index is 0.0856. The Bertz CT molecular complexity index is 2160. The molecule has 0 amide bonds. The number of unbranched alkanes of at least 4 members (excludes halogenated alkanes) is 53. The molecular formula is C89H170O17P2. The number of aliphatic hydroxyl groups is 1. The SMILES string of the molecule is CCCCCC/C=C\C=C/CCCCCCCC(=O)O[C@H](COC(=O)CCCCCCCCCCCCC)COP(=O)(O)OC[C@H](O)COP(=O)(O)OC[C@@H](COC(=O)CCCCCCCCCCCCCCCCCCCCC(C)C)OC(=O)CCCCCCCCCCCCCCCCCCCCC(C)C. The van der Waals surface area contributed by atoms with Gasteiger partial charge in [0.1, 0.15) is 19.3 Å². The van der Waals surface area contributed by atoms with Crippen LogP contribution in [0.4, 0.5) is 0 Å². The lowest BCUT2D eigenvalue weighted by atomic mass is 10.0. The van der Waals surface area contributed by atoms with Crippen LogP contribution in [0.2, 0.25) is 0 Å². The monoisotopic (exact) mass is 1570 g/mol. The van der Waals surface area contributed by atoms with Crippen molar-refractivity contribution in [2.75, 3.05) is 39.6 Å². The third-order valence-corrected chi connectivity index (χ3v) is 22.2. The lowest BCUT2D eigenvalue weighted by Crippen LogP contribution is -2.30. The average molecular weight is 1570 g/mol. The van der Waals surface area contributed by atoms with E-state index in [2.05, 4.69) is 65.8 Å². The van der Waals surface area contributed by atoms with Crippen LogP contribution in [0.5, 0.6) is 0 Å². The van der Waals surface area contributed by atoms with Crippen LogP contribution in [0.1, 0.15) is 452 Å². The van der Waals surface area contributed by atoms with Gasteiger partial charge in [0.15, 0.2) is 12.2 Å². The van der Waals surface area contributed by atoms with Gasteiger partial charge < -0.3 is 33.8 Å². The lowest BCUT2D eigenvalue weighted by molar-refractivity contribution is -0.161. The van der Waals surface area contributed by atoms with Crippen molar-refractivity contribution in [1.82, 2.24) is 0 Å². The molecule has 3 N–H and O–H groups in total. The molecule has 0 aliphatic carbocycles. The van der Waals surface area contributed by atoms with Crippen molar-refractivity contribution in [1.29, 1.82) is 0 Å². The quantitative estimate of drug-likeness (QED) is 0.0169. The summed E-state index contributed by atoms with van der Waals surface area (Å²) in [5.41, 5.74) is 0. The zero-order valence-corrected chi connectivity index (χ0v) is 72.4. The third kappa shape index (κ3) is 81.6. The maximum absolute atomic E-state index is 13.2. The largest absolute Gasteiger partial charge is 0.472 e. The number of hydrogen-bond acceptors (Lipinski definition) is 15. The van der Waals surface area contributed by atoms with E-state index in [4.69, 9.17) is 37.0 Å². The van der Waals surface area contributed by atoms with Crippen molar-refractivity contribution in [3.63, 3.8) is 0 Å².